The highest BCUT2D eigenvalue weighted by molar-refractivity contribution is 4.97. The quantitative estimate of drug-likeness (QED) is 0.243. The number of hydrogen-bond acceptors (Lipinski definition) is 11. The summed E-state index contributed by atoms with van der Waals surface area (Å²) in [6.07, 6.45) is -13.1. The fourth-order valence-corrected chi connectivity index (χ4v) is 2.60. The van der Waals surface area contributed by atoms with Crippen LogP contribution in [-0.4, -0.2) is 115 Å². The van der Waals surface area contributed by atoms with E-state index in [0.717, 1.165) is 0 Å². The first-order valence-corrected chi connectivity index (χ1v) is 7.04. The third-order valence-electron chi connectivity index (χ3n) is 4.06. The highest BCUT2D eigenvalue weighted by atomic mass is 16.7. The van der Waals surface area contributed by atoms with Crippen molar-refractivity contribution in [2.75, 3.05) is 19.8 Å². The first-order valence-electron chi connectivity index (χ1n) is 7.04. The molecule has 0 aromatic rings. The molecule has 0 saturated carbocycles. The molecule has 11 nitrogen and oxygen atoms in total. The van der Waals surface area contributed by atoms with E-state index in [9.17, 15) is 40.9 Å². The average Bonchev–Trinajstić information content (AvgIpc) is 2.55. The van der Waals surface area contributed by atoms with Gasteiger partial charge in [0.15, 0.2) is 6.29 Å². The highest BCUT2D eigenvalue weighted by Gasteiger charge is 2.55. The topological polar surface area (TPSA) is 190 Å². The normalized spacial score (nSPS) is 51.7. The number of aliphatic hydroxyl groups is 8. The molecule has 136 valence electrons. The zero-order chi connectivity index (χ0) is 17.4. The van der Waals surface area contributed by atoms with Crippen molar-refractivity contribution < 1.29 is 55.1 Å². The maximum Gasteiger partial charge on any atom is 0.221 e. The highest BCUT2D eigenvalue weighted by Crippen LogP contribution is 2.33. The predicted molar refractivity (Wildman–Crippen MR) is 68.6 cm³/mol. The maximum absolute atomic E-state index is 10.0. The summed E-state index contributed by atoms with van der Waals surface area (Å²) in [5.41, 5.74) is 0. The van der Waals surface area contributed by atoms with Crippen LogP contribution in [0.4, 0.5) is 0 Å². The molecule has 2 heterocycles. The van der Waals surface area contributed by atoms with Gasteiger partial charge in [-0.1, -0.05) is 0 Å². The Bertz CT molecular complexity index is 393. The van der Waals surface area contributed by atoms with Gasteiger partial charge in [-0.25, -0.2) is 0 Å². The van der Waals surface area contributed by atoms with Crippen molar-refractivity contribution in [3.8, 4) is 0 Å². The van der Waals surface area contributed by atoms with Crippen LogP contribution in [0, 0.1) is 0 Å². The van der Waals surface area contributed by atoms with Crippen molar-refractivity contribution in [3.05, 3.63) is 0 Å². The second kappa shape index (κ2) is 7.21. The van der Waals surface area contributed by atoms with Crippen LogP contribution in [0.3, 0.4) is 0 Å². The Hall–Kier alpha value is -0.440. The smallest absolute Gasteiger partial charge is 0.221 e. The fourth-order valence-electron chi connectivity index (χ4n) is 2.60. The summed E-state index contributed by atoms with van der Waals surface area (Å²) in [7, 11) is 0. The molecular formula is C12H22O11. The zero-order valence-electron chi connectivity index (χ0n) is 12.0. The SMILES string of the molecule is OCC1OC(O)C(O)C(O)C1OC1(CO)OCC(O)C(O)C1O. The standard InChI is InChI=1S/C12H22O11/c13-1-5-9(7(17)8(18)11(20)22-5)23-12(3-14)10(19)6(16)4(15)2-21-12/h4-11,13-20H,1-3H2. The minimum Gasteiger partial charge on any atom is -0.394 e. The zero-order valence-corrected chi connectivity index (χ0v) is 12.0. The Morgan fingerprint density at radius 1 is 0.957 bits per heavy atom. The second-order valence-electron chi connectivity index (χ2n) is 5.60. The molecule has 2 rings (SSSR count). The lowest BCUT2D eigenvalue weighted by Crippen LogP contribution is -2.68. The molecule has 23 heavy (non-hydrogen) atoms. The van der Waals surface area contributed by atoms with E-state index in [1.54, 1.807) is 0 Å². The Balaban J connectivity index is 2.22. The third-order valence-corrected chi connectivity index (χ3v) is 4.06. The summed E-state index contributed by atoms with van der Waals surface area (Å²) >= 11 is 0. The Morgan fingerprint density at radius 2 is 1.61 bits per heavy atom. The molecule has 11 heteroatoms. The van der Waals surface area contributed by atoms with E-state index in [4.69, 9.17) is 14.2 Å². The molecule has 8 N–H and O–H groups in total. The monoisotopic (exact) mass is 342 g/mol. The Morgan fingerprint density at radius 3 is 2.17 bits per heavy atom. The first kappa shape index (κ1) is 18.9. The number of hydrogen-bond donors (Lipinski definition) is 8. The van der Waals surface area contributed by atoms with Gasteiger partial charge in [0.2, 0.25) is 5.79 Å². The lowest BCUT2D eigenvalue weighted by molar-refractivity contribution is -0.393. The van der Waals surface area contributed by atoms with E-state index in [0.29, 0.717) is 0 Å². The number of aliphatic hydroxyl groups excluding tert-OH is 8. The molecule has 0 aromatic carbocycles. The molecule has 0 radical (unpaired) electrons. The summed E-state index contributed by atoms with van der Waals surface area (Å²) in [5.74, 6) is -2.22. The van der Waals surface area contributed by atoms with Crippen LogP contribution in [0.5, 0.6) is 0 Å². The molecule has 9 atom stereocenters. The molecule has 0 spiro atoms. The van der Waals surface area contributed by atoms with Gasteiger partial charge in [-0.2, -0.15) is 0 Å². The molecule has 2 aliphatic rings. The molecule has 0 bridgehead atoms. The molecule has 0 amide bonds. The fraction of sp³-hybridized carbons (Fsp3) is 1.00. The summed E-state index contributed by atoms with van der Waals surface area (Å²) in [6, 6.07) is 0. The average molecular weight is 342 g/mol. The molecule has 2 fully saturated rings. The van der Waals surface area contributed by atoms with Crippen molar-refractivity contribution in [2.24, 2.45) is 0 Å². The molecule has 0 aromatic heterocycles. The molecule has 2 aliphatic heterocycles. The van der Waals surface area contributed by atoms with Gasteiger partial charge < -0.3 is 55.1 Å². The van der Waals surface area contributed by atoms with Gasteiger partial charge in [-0.15, -0.1) is 0 Å². The van der Waals surface area contributed by atoms with Crippen LogP contribution in [0.1, 0.15) is 0 Å². The summed E-state index contributed by atoms with van der Waals surface area (Å²) < 4.78 is 15.3. The molecule has 0 aliphatic carbocycles. The van der Waals surface area contributed by atoms with E-state index >= 15 is 0 Å². The number of rotatable bonds is 4. The van der Waals surface area contributed by atoms with Crippen molar-refractivity contribution in [2.45, 2.75) is 54.8 Å². The summed E-state index contributed by atoms with van der Waals surface area (Å²) in [5, 5.41) is 77.0. The molecular weight excluding hydrogens is 320 g/mol. The van der Waals surface area contributed by atoms with Crippen LogP contribution < -0.4 is 0 Å². The van der Waals surface area contributed by atoms with Crippen LogP contribution >= 0.6 is 0 Å². The van der Waals surface area contributed by atoms with Crippen LogP contribution in [-0.2, 0) is 14.2 Å². The van der Waals surface area contributed by atoms with Crippen molar-refractivity contribution >= 4 is 0 Å². The van der Waals surface area contributed by atoms with Crippen molar-refractivity contribution in [1.82, 2.24) is 0 Å². The molecule has 9 unspecified atom stereocenters. The van der Waals surface area contributed by atoms with E-state index in [2.05, 4.69) is 0 Å². The summed E-state index contributed by atoms with van der Waals surface area (Å²) in [6.45, 7) is -2.15. The largest absolute Gasteiger partial charge is 0.394 e. The van der Waals surface area contributed by atoms with Gasteiger partial charge >= 0.3 is 0 Å². The van der Waals surface area contributed by atoms with Crippen LogP contribution in [0.25, 0.3) is 0 Å². The van der Waals surface area contributed by atoms with Gasteiger partial charge in [0, 0.05) is 0 Å². The van der Waals surface area contributed by atoms with Crippen LogP contribution in [0.2, 0.25) is 0 Å². The minimum atomic E-state index is -2.22. The van der Waals surface area contributed by atoms with Gasteiger partial charge in [-0.05, 0) is 0 Å². The Kier molecular flexibility index (Phi) is 5.92. The second-order valence-corrected chi connectivity index (χ2v) is 5.60. The third kappa shape index (κ3) is 3.36. The minimum absolute atomic E-state index is 0.475. The van der Waals surface area contributed by atoms with Gasteiger partial charge in [-0.3, -0.25) is 0 Å². The lowest BCUT2D eigenvalue weighted by atomic mass is 9.94. The molecule has 2 saturated heterocycles. The predicted octanol–water partition coefficient (Wildman–Crippen LogP) is -5.40. The van der Waals surface area contributed by atoms with E-state index in [1.165, 1.54) is 0 Å². The van der Waals surface area contributed by atoms with Crippen molar-refractivity contribution in [3.63, 3.8) is 0 Å². The maximum atomic E-state index is 10.0. The lowest BCUT2D eigenvalue weighted by Gasteiger charge is -2.48. The van der Waals surface area contributed by atoms with E-state index in [-0.39, 0.29) is 0 Å². The van der Waals surface area contributed by atoms with Crippen molar-refractivity contribution in [1.29, 1.82) is 0 Å². The number of ether oxygens (including phenoxy) is 3. The van der Waals surface area contributed by atoms with Gasteiger partial charge in [0.25, 0.3) is 0 Å². The van der Waals surface area contributed by atoms with Crippen LogP contribution in [0.15, 0.2) is 0 Å². The Labute approximate surface area is 130 Å². The van der Waals surface area contributed by atoms with E-state index in [1.807, 2.05) is 0 Å². The van der Waals surface area contributed by atoms with Gasteiger partial charge in [0.1, 0.15) is 49.3 Å². The van der Waals surface area contributed by atoms with Gasteiger partial charge in [0.05, 0.1) is 13.2 Å². The first-order chi connectivity index (χ1) is 10.8. The van der Waals surface area contributed by atoms with E-state index < -0.39 is 74.6 Å². The summed E-state index contributed by atoms with van der Waals surface area (Å²) in [4.78, 5) is 0.